The van der Waals surface area contributed by atoms with Gasteiger partial charge in [-0.1, -0.05) is 26.7 Å². The Balaban J connectivity index is 3.76. The molecule has 0 saturated carbocycles. The third-order valence-electron chi connectivity index (χ3n) is 1.72. The Labute approximate surface area is 57.1 Å². The van der Waals surface area contributed by atoms with Crippen LogP contribution in [-0.2, 0) is 0 Å². The molecule has 0 spiro atoms. The van der Waals surface area contributed by atoms with Crippen LogP contribution in [0.5, 0.6) is 0 Å². The molecule has 2 atom stereocenters. The maximum atomic E-state index is 9.06. The molecule has 0 heterocycles. The van der Waals surface area contributed by atoms with Crippen molar-refractivity contribution in [3.05, 3.63) is 0 Å². The molecule has 52 valence electrons. The first-order valence-corrected chi connectivity index (χ1v) is 3.23. The molecular formula is C8H14O. The third-order valence-corrected chi connectivity index (χ3v) is 1.72. The maximum absolute atomic E-state index is 9.06. The number of rotatable bonds is 2. The lowest BCUT2D eigenvalue weighted by atomic mass is 9.93. The van der Waals surface area contributed by atoms with Gasteiger partial charge in [-0.05, 0) is 11.8 Å². The van der Waals surface area contributed by atoms with Crippen molar-refractivity contribution >= 4 is 0 Å². The molecule has 0 saturated heterocycles. The van der Waals surface area contributed by atoms with E-state index >= 15 is 0 Å². The minimum Gasteiger partial charge on any atom is -0.380 e. The Morgan fingerprint density at radius 2 is 1.78 bits per heavy atom. The molecule has 0 amide bonds. The fourth-order valence-corrected chi connectivity index (χ4v) is 0.516. The zero-order chi connectivity index (χ0) is 7.44. The summed E-state index contributed by atoms with van der Waals surface area (Å²) in [4.78, 5) is 0. The van der Waals surface area contributed by atoms with E-state index in [-0.39, 0.29) is 5.92 Å². The molecule has 0 aromatic rings. The molecule has 0 bridgehead atoms. The first-order valence-electron chi connectivity index (χ1n) is 3.23. The maximum Gasteiger partial charge on any atom is 0.117 e. The number of hydrogen-bond donors (Lipinski definition) is 1. The molecule has 2 unspecified atom stereocenters. The Kier molecular flexibility index (Phi) is 3.34. The van der Waals surface area contributed by atoms with Gasteiger partial charge in [0.1, 0.15) is 6.10 Å². The van der Waals surface area contributed by atoms with Crippen molar-refractivity contribution in [1.82, 2.24) is 0 Å². The molecule has 0 radical (unpaired) electrons. The minimum atomic E-state index is -0.579. The molecule has 1 nitrogen and oxygen atoms in total. The van der Waals surface area contributed by atoms with E-state index in [1.807, 2.05) is 20.8 Å². The van der Waals surface area contributed by atoms with Gasteiger partial charge in [-0.15, -0.1) is 6.42 Å². The molecule has 1 heteroatoms. The number of aliphatic hydroxyl groups excluding tert-OH is 1. The molecule has 1 N–H and O–H groups in total. The second-order valence-electron chi connectivity index (χ2n) is 2.71. The second kappa shape index (κ2) is 3.53. The molecule has 0 aliphatic carbocycles. The van der Waals surface area contributed by atoms with Crippen molar-refractivity contribution < 1.29 is 5.11 Å². The smallest absolute Gasteiger partial charge is 0.117 e. The summed E-state index contributed by atoms with van der Waals surface area (Å²) in [6.45, 7) is 6.05. The van der Waals surface area contributed by atoms with Crippen LogP contribution in [0.1, 0.15) is 20.8 Å². The van der Waals surface area contributed by atoms with E-state index in [4.69, 9.17) is 11.5 Å². The van der Waals surface area contributed by atoms with Crippen molar-refractivity contribution in [2.45, 2.75) is 26.9 Å². The lowest BCUT2D eigenvalue weighted by Crippen LogP contribution is -2.19. The van der Waals surface area contributed by atoms with Gasteiger partial charge in [0.2, 0.25) is 0 Å². The van der Waals surface area contributed by atoms with E-state index < -0.39 is 6.10 Å². The normalized spacial score (nSPS) is 16.9. The van der Waals surface area contributed by atoms with Crippen LogP contribution in [0.25, 0.3) is 0 Å². The van der Waals surface area contributed by atoms with E-state index in [1.165, 1.54) is 0 Å². The fraction of sp³-hybridized carbons (Fsp3) is 0.750. The van der Waals surface area contributed by atoms with E-state index in [1.54, 1.807) is 0 Å². The van der Waals surface area contributed by atoms with Crippen LogP contribution in [-0.4, -0.2) is 11.2 Å². The summed E-state index contributed by atoms with van der Waals surface area (Å²) in [6, 6.07) is 0. The van der Waals surface area contributed by atoms with Gasteiger partial charge in [0, 0.05) is 0 Å². The van der Waals surface area contributed by atoms with Crippen LogP contribution in [0.3, 0.4) is 0 Å². The topological polar surface area (TPSA) is 20.2 Å². The van der Waals surface area contributed by atoms with Crippen molar-refractivity contribution in [2.24, 2.45) is 11.8 Å². The molecular weight excluding hydrogens is 112 g/mol. The molecule has 9 heavy (non-hydrogen) atoms. The summed E-state index contributed by atoms with van der Waals surface area (Å²) >= 11 is 0. The Hall–Kier alpha value is -0.480. The summed E-state index contributed by atoms with van der Waals surface area (Å²) in [5.41, 5.74) is 0. The quantitative estimate of drug-likeness (QED) is 0.552. The van der Waals surface area contributed by atoms with Gasteiger partial charge in [0.15, 0.2) is 0 Å². The van der Waals surface area contributed by atoms with Crippen LogP contribution < -0.4 is 0 Å². The summed E-state index contributed by atoms with van der Waals surface area (Å²) < 4.78 is 0. The summed E-state index contributed by atoms with van der Waals surface area (Å²) in [5.74, 6) is 2.96. The predicted molar refractivity (Wildman–Crippen MR) is 38.8 cm³/mol. The number of hydrogen-bond acceptors (Lipinski definition) is 1. The fourth-order valence-electron chi connectivity index (χ4n) is 0.516. The van der Waals surface area contributed by atoms with Crippen LogP contribution in [0.4, 0.5) is 0 Å². The summed E-state index contributed by atoms with van der Waals surface area (Å²) in [7, 11) is 0. The van der Waals surface area contributed by atoms with Gasteiger partial charge >= 0.3 is 0 Å². The highest BCUT2D eigenvalue weighted by atomic mass is 16.3. The first kappa shape index (κ1) is 8.52. The zero-order valence-corrected chi connectivity index (χ0v) is 6.26. The van der Waals surface area contributed by atoms with Crippen LogP contribution in [0.15, 0.2) is 0 Å². The van der Waals surface area contributed by atoms with Crippen LogP contribution in [0.2, 0.25) is 0 Å². The highest BCUT2D eigenvalue weighted by molar-refractivity contribution is 4.96. The standard InChI is InChI=1S/C8H14O/c1-5-8(9)7(4)6(2)3/h1,6-9H,2-4H3. The van der Waals surface area contributed by atoms with Crippen LogP contribution in [0, 0.1) is 24.2 Å². The van der Waals surface area contributed by atoms with Crippen molar-refractivity contribution in [2.75, 3.05) is 0 Å². The molecule has 0 rings (SSSR count). The average molecular weight is 126 g/mol. The molecule has 0 aromatic carbocycles. The Morgan fingerprint density at radius 3 is 1.89 bits per heavy atom. The molecule has 0 fully saturated rings. The summed E-state index contributed by atoms with van der Waals surface area (Å²) in [5, 5.41) is 9.06. The summed E-state index contributed by atoms with van der Waals surface area (Å²) in [6.07, 6.45) is 4.43. The van der Waals surface area contributed by atoms with Gasteiger partial charge in [0.05, 0.1) is 0 Å². The molecule has 0 aliphatic heterocycles. The van der Waals surface area contributed by atoms with E-state index in [9.17, 15) is 0 Å². The highest BCUT2D eigenvalue weighted by Crippen LogP contribution is 2.12. The predicted octanol–water partition coefficient (Wildman–Crippen LogP) is 1.27. The minimum absolute atomic E-state index is 0.204. The van der Waals surface area contributed by atoms with Crippen molar-refractivity contribution in [3.8, 4) is 12.3 Å². The highest BCUT2D eigenvalue weighted by Gasteiger charge is 2.13. The van der Waals surface area contributed by atoms with E-state index in [0.717, 1.165) is 0 Å². The Bertz CT molecular complexity index is 110. The van der Waals surface area contributed by atoms with E-state index in [2.05, 4.69) is 5.92 Å². The van der Waals surface area contributed by atoms with Gasteiger partial charge in [0.25, 0.3) is 0 Å². The van der Waals surface area contributed by atoms with Crippen molar-refractivity contribution in [1.29, 1.82) is 0 Å². The van der Waals surface area contributed by atoms with Crippen molar-refractivity contribution in [3.63, 3.8) is 0 Å². The average Bonchev–Trinajstić information content (AvgIpc) is 1.84. The first-order chi connectivity index (χ1) is 4.09. The van der Waals surface area contributed by atoms with Gasteiger partial charge in [-0.2, -0.15) is 0 Å². The van der Waals surface area contributed by atoms with Crippen LogP contribution >= 0.6 is 0 Å². The lowest BCUT2D eigenvalue weighted by molar-refractivity contribution is 0.142. The third kappa shape index (κ3) is 2.53. The van der Waals surface area contributed by atoms with Gasteiger partial charge in [-0.3, -0.25) is 0 Å². The van der Waals surface area contributed by atoms with Gasteiger partial charge < -0.3 is 5.11 Å². The second-order valence-corrected chi connectivity index (χ2v) is 2.71. The SMILES string of the molecule is C#CC(O)C(C)C(C)C. The monoisotopic (exact) mass is 126 g/mol. The largest absolute Gasteiger partial charge is 0.380 e. The zero-order valence-electron chi connectivity index (χ0n) is 6.26. The molecule has 0 aliphatic rings. The lowest BCUT2D eigenvalue weighted by Gasteiger charge is -2.16. The molecule has 0 aromatic heterocycles. The Morgan fingerprint density at radius 1 is 1.33 bits per heavy atom. The number of terminal acetylenes is 1. The van der Waals surface area contributed by atoms with E-state index in [0.29, 0.717) is 5.92 Å². The number of aliphatic hydroxyl groups is 1. The van der Waals surface area contributed by atoms with Gasteiger partial charge in [-0.25, -0.2) is 0 Å².